The van der Waals surface area contributed by atoms with Crippen molar-refractivity contribution in [2.75, 3.05) is 19.6 Å². The Balaban J connectivity index is 1.29. The Bertz CT molecular complexity index is 826. The number of hydrogen-bond donors (Lipinski definition) is 1. The van der Waals surface area contributed by atoms with Gasteiger partial charge < -0.3 is 9.84 Å². The molecular weight excluding hydrogens is 347 g/mol. The summed E-state index contributed by atoms with van der Waals surface area (Å²) in [7, 11) is 0. The van der Waals surface area contributed by atoms with E-state index in [4.69, 9.17) is 4.74 Å². The number of carbonyl (C=O) groups excluding carboxylic acids is 1. The fourth-order valence-electron chi connectivity index (χ4n) is 4.24. The topological polar surface area (TPSA) is 62.7 Å². The van der Waals surface area contributed by atoms with Crippen molar-refractivity contribution >= 4 is 5.78 Å². The van der Waals surface area contributed by atoms with E-state index in [1.54, 1.807) is 19.1 Å². The van der Waals surface area contributed by atoms with Gasteiger partial charge in [0.15, 0.2) is 5.78 Å². The van der Waals surface area contributed by atoms with E-state index in [0.717, 1.165) is 25.9 Å². The summed E-state index contributed by atoms with van der Waals surface area (Å²) in [5.74, 6) is 1.39. The average Bonchev–Trinajstić information content (AvgIpc) is 3.16. The molecule has 1 aromatic heterocycles. The van der Waals surface area contributed by atoms with E-state index >= 15 is 0 Å². The fraction of sp³-hybridized carbons (Fsp3) is 0.429. The van der Waals surface area contributed by atoms with Crippen LogP contribution >= 0.6 is 0 Å². The summed E-state index contributed by atoms with van der Waals surface area (Å²) < 4.78 is 19.7. The number of pyridine rings is 1. The average molecular weight is 370 g/mol. The maximum absolute atomic E-state index is 13.7. The first-order chi connectivity index (χ1) is 13.0. The second-order valence-electron chi connectivity index (χ2n) is 7.66. The monoisotopic (exact) mass is 370 g/mol. The van der Waals surface area contributed by atoms with Crippen LogP contribution in [-0.4, -0.2) is 46.5 Å². The third-order valence-corrected chi connectivity index (χ3v) is 5.63. The molecule has 0 radical (unpaired) electrons. The molecule has 2 heterocycles. The van der Waals surface area contributed by atoms with Crippen LogP contribution < -0.4 is 4.74 Å². The number of likely N-dealkylation sites (tertiary alicyclic amines) is 1. The first kappa shape index (κ1) is 17.9. The number of aromatic hydroxyl groups is 1. The number of Topliss-reactive ketones (excluding diaryl/α,β-unsaturated/α-hetero) is 1. The van der Waals surface area contributed by atoms with E-state index in [0.29, 0.717) is 35.4 Å². The minimum Gasteiger partial charge on any atom is -0.506 e. The highest BCUT2D eigenvalue weighted by Gasteiger charge is 2.42. The number of benzene rings is 1. The standard InChI is InChI=1S/C21H23FN2O3/c1-13-2-4-17(8-19(13)22)27-18-6-14-10-24(11-15(14)7-18)12-21(26)20-5-3-16(25)9-23-20/h2-5,8-9,14-15,18,25H,6-7,10-12H2,1H3/t14-,15+,18+. The predicted molar refractivity (Wildman–Crippen MR) is 98.4 cm³/mol. The molecule has 1 N–H and O–H groups in total. The van der Waals surface area contributed by atoms with Gasteiger partial charge in [-0.05, 0) is 55.4 Å². The van der Waals surface area contributed by atoms with Gasteiger partial charge in [-0.15, -0.1) is 0 Å². The molecule has 0 amide bonds. The molecule has 2 fully saturated rings. The summed E-state index contributed by atoms with van der Waals surface area (Å²) in [6, 6.07) is 8.06. The number of ketones is 1. The minimum absolute atomic E-state index is 0.0297. The highest BCUT2D eigenvalue weighted by atomic mass is 19.1. The SMILES string of the molecule is Cc1ccc(O[C@H]2C[C@@H]3CN(CC(=O)c4ccc(O)cn4)C[C@@H]3C2)cc1F. The van der Waals surface area contributed by atoms with E-state index in [1.165, 1.54) is 18.3 Å². The lowest BCUT2D eigenvalue weighted by molar-refractivity contribution is 0.0931. The fourth-order valence-corrected chi connectivity index (χ4v) is 4.24. The molecule has 6 heteroatoms. The number of rotatable bonds is 5. The van der Waals surface area contributed by atoms with Gasteiger partial charge in [0, 0.05) is 19.2 Å². The Morgan fingerprint density at radius 2 is 2.00 bits per heavy atom. The number of nitrogens with zero attached hydrogens (tertiary/aromatic N) is 2. The molecule has 1 saturated heterocycles. The molecule has 4 rings (SSSR count). The lowest BCUT2D eigenvalue weighted by atomic mass is 10.0. The van der Waals surface area contributed by atoms with E-state index < -0.39 is 0 Å². The van der Waals surface area contributed by atoms with Gasteiger partial charge in [-0.1, -0.05) is 6.07 Å². The second kappa shape index (κ2) is 7.27. The number of aromatic nitrogens is 1. The number of carbonyl (C=O) groups is 1. The third-order valence-electron chi connectivity index (χ3n) is 5.63. The zero-order chi connectivity index (χ0) is 19.0. The summed E-state index contributed by atoms with van der Waals surface area (Å²) in [5.41, 5.74) is 1.00. The van der Waals surface area contributed by atoms with Crippen LogP contribution in [0.25, 0.3) is 0 Å². The Morgan fingerprint density at radius 1 is 1.26 bits per heavy atom. The highest BCUT2D eigenvalue weighted by Crippen LogP contribution is 2.39. The van der Waals surface area contributed by atoms with Crippen LogP contribution in [0, 0.1) is 24.6 Å². The van der Waals surface area contributed by atoms with Gasteiger partial charge in [-0.3, -0.25) is 9.69 Å². The van der Waals surface area contributed by atoms with Crippen molar-refractivity contribution in [1.29, 1.82) is 0 Å². The van der Waals surface area contributed by atoms with E-state index in [-0.39, 0.29) is 23.5 Å². The van der Waals surface area contributed by atoms with Crippen LogP contribution in [0.5, 0.6) is 11.5 Å². The Labute approximate surface area is 157 Å². The zero-order valence-corrected chi connectivity index (χ0v) is 15.3. The number of fused-ring (bicyclic) bond motifs is 1. The zero-order valence-electron chi connectivity index (χ0n) is 15.3. The van der Waals surface area contributed by atoms with Crippen molar-refractivity contribution in [2.45, 2.75) is 25.9 Å². The first-order valence-corrected chi connectivity index (χ1v) is 9.31. The minimum atomic E-state index is -0.238. The normalized spacial score (nSPS) is 24.7. The largest absolute Gasteiger partial charge is 0.506 e. The Kier molecular flexibility index (Phi) is 4.83. The summed E-state index contributed by atoms with van der Waals surface area (Å²) in [4.78, 5) is 18.5. The Hall–Kier alpha value is -2.47. The van der Waals surface area contributed by atoms with Crippen LogP contribution in [0.2, 0.25) is 0 Å². The van der Waals surface area contributed by atoms with Gasteiger partial charge in [0.1, 0.15) is 23.0 Å². The summed E-state index contributed by atoms with van der Waals surface area (Å²) in [5, 5.41) is 9.27. The van der Waals surface area contributed by atoms with Crippen LogP contribution in [0.1, 0.15) is 28.9 Å². The van der Waals surface area contributed by atoms with E-state index in [1.807, 2.05) is 6.07 Å². The maximum Gasteiger partial charge on any atom is 0.195 e. The number of halogens is 1. The van der Waals surface area contributed by atoms with Crippen molar-refractivity contribution in [1.82, 2.24) is 9.88 Å². The van der Waals surface area contributed by atoms with Crippen molar-refractivity contribution in [3.63, 3.8) is 0 Å². The molecule has 1 aliphatic heterocycles. The first-order valence-electron chi connectivity index (χ1n) is 9.31. The molecule has 1 saturated carbocycles. The van der Waals surface area contributed by atoms with Crippen molar-refractivity contribution in [2.24, 2.45) is 11.8 Å². The van der Waals surface area contributed by atoms with Crippen molar-refractivity contribution < 1.29 is 19.0 Å². The van der Waals surface area contributed by atoms with Gasteiger partial charge in [-0.2, -0.15) is 0 Å². The molecule has 1 aromatic carbocycles. The van der Waals surface area contributed by atoms with Crippen molar-refractivity contribution in [3.05, 3.63) is 53.6 Å². The smallest absolute Gasteiger partial charge is 0.195 e. The second-order valence-corrected chi connectivity index (χ2v) is 7.66. The maximum atomic E-state index is 13.7. The van der Waals surface area contributed by atoms with Crippen LogP contribution in [0.3, 0.4) is 0 Å². The summed E-state index contributed by atoms with van der Waals surface area (Å²) in [6.45, 7) is 3.83. The van der Waals surface area contributed by atoms with E-state index in [9.17, 15) is 14.3 Å². The van der Waals surface area contributed by atoms with E-state index in [2.05, 4.69) is 9.88 Å². The van der Waals surface area contributed by atoms with Gasteiger partial charge in [-0.25, -0.2) is 9.37 Å². The number of aryl methyl sites for hydroxylation is 1. The van der Waals surface area contributed by atoms with Gasteiger partial charge in [0.05, 0.1) is 18.8 Å². The van der Waals surface area contributed by atoms with Gasteiger partial charge in [0.2, 0.25) is 0 Å². The lowest BCUT2D eigenvalue weighted by Gasteiger charge is -2.19. The molecule has 1 aliphatic carbocycles. The molecule has 3 atom stereocenters. The molecule has 5 nitrogen and oxygen atoms in total. The highest BCUT2D eigenvalue weighted by molar-refractivity contribution is 5.95. The third kappa shape index (κ3) is 3.95. The predicted octanol–water partition coefficient (Wildman–Crippen LogP) is 3.21. The Morgan fingerprint density at radius 3 is 2.63 bits per heavy atom. The molecule has 0 unspecified atom stereocenters. The van der Waals surface area contributed by atoms with Gasteiger partial charge >= 0.3 is 0 Å². The lowest BCUT2D eigenvalue weighted by Crippen LogP contribution is -2.30. The molecular formula is C21H23FN2O3. The van der Waals surface area contributed by atoms with Crippen LogP contribution in [0.4, 0.5) is 4.39 Å². The van der Waals surface area contributed by atoms with Crippen LogP contribution in [-0.2, 0) is 0 Å². The quantitative estimate of drug-likeness (QED) is 0.819. The molecule has 2 aromatic rings. The molecule has 2 aliphatic rings. The molecule has 0 spiro atoms. The molecule has 0 bridgehead atoms. The van der Waals surface area contributed by atoms with Crippen molar-refractivity contribution in [3.8, 4) is 11.5 Å². The summed E-state index contributed by atoms with van der Waals surface area (Å²) in [6.07, 6.45) is 3.27. The summed E-state index contributed by atoms with van der Waals surface area (Å²) >= 11 is 0. The number of hydrogen-bond acceptors (Lipinski definition) is 5. The van der Waals surface area contributed by atoms with Gasteiger partial charge in [0.25, 0.3) is 0 Å². The van der Waals surface area contributed by atoms with Crippen LogP contribution in [0.15, 0.2) is 36.5 Å². The molecule has 27 heavy (non-hydrogen) atoms. The molecule has 142 valence electrons. The number of ether oxygens (including phenoxy) is 1.